The molecule has 1 saturated heterocycles. The molecule has 3 aromatic carbocycles. The zero-order chi connectivity index (χ0) is 25.2. The summed E-state index contributed by atoms with van der Waals surface area (Å²) in [6.07, 6.45) is 0. The maximum Gasteiger partial charge on any atom is 0.269 e. The van der Waals surface area contributed by atoms with E-state index in [0.29, 0.717) is 27.9 Å². The van der Waals surface area contributed by atoms with Crippen molar-refractivity contribution in [1.82, 2.24) is 4.90 Å². The van der Waals surface area contributed by atoms with Gasteiger partial charge in [-0.05, 0) is 61.0 Å². The molecule has 1 N–H and O–H groups in total. The van der Waals surface area contributed by atoms with Crippen molar-refractivity contribution >= 4 is 51.7 Å². The second-order valence-electron chi connectivity index (χ2n) is 8.46. The number of carbonyl (C=O) groups is 1. The van der Waals surface area contributed by atoms with E-state index in [1.165, 1.54) is 17.3 Å². The number of para-hydroxylation sites is 1. The van der Waals surface area contributed by atoms with Crippen LogP contribution in [0.2, 0.25) is 0 Å². The Bertz CT molecular complexity index is 1440. The maximum atomic E-state index is 13.9. The molecule has 0 aromatic heterocycles. The van der Waals surface area contributed by atoms with Gasteiger partial charge >= 0.3 is 0 Å². The molecule has 0 unspecified atom stereocenters. The van der Waals surface area contributed by atoms with E-state index in [4.69, 9.17) is 4.99 Å². The number of aryl methyl sites for hydroxylation is 1. The molecular weight excluding hydrogens is 486 g/mol. The molecule has 2 aliphatic heterocycles. The van der Waals surface area contributed by atoms with Crippen molar-refractivity contribution in [3.8, 4) is 6.07 Å². The number of hydrogen-bond donors (Lipinski definition) is 1. The predicted molar refractivity (Wildman–Crippen MR) is 149 cm³/mol. The first-order valence-electron chi connectivity index (χ1n) is 11.7. The number of rotatable bonds is 5. The summed E-state index contributed by atoms with van der Waals surface area (Å²) in [6.45, 7) is 5.24. The van der Waals surface area contributed by atoms with Gasteiger partial charge in [-0.2, -0.15) is 5.26 Å². The highest BCUT2D eigenvalue weighted by Crippen LogP contribution is 2.51. The molecular formula is C28H25N5OS2. The molecule has 3 aromatic rings. The summed E-state index contributed by atoms with van der Waals surface area (Å²) in [4.78, 5) is 24.5. The van der Waals surface area contributed by atoms with Gasteiger partial charge in [-0.15, -0.1) is 0 Å². The molecule has 0 saturated carbocycles. The van der Waals surface area contributed by atoms with Crippen LogP contribution in [0.1, 0.15) is 23.6 Å². The fourth-order valence-electron chi connectivity index (χ4n) is 4.28. The lowest BCUT2D eigenvalue weighted by Crippen LogP contribution is -2.29. The van der Waals surface area contributed by atoms with Crippen LogP contribution in [0, 0.1) is 18.3 Å². The minimum atomic E-state index is -0.0659. The highest BCUT2D eigenvalue weighted by atomic mass is 32.2. The Balaban J connectivity index is 1.60. The SMILES string of the molecule is CCNc1ccc(C#N)cc1N=C1SC(=C2Sc3cccc(C)c3N2C)C(=O)N1Cc1ccccc1. The van der Waals surface area contributed by atoms with Crippen LogP contribution in [0.4, 0.5) is 17.1 Å². The summed E-state index contributed by atoms with van der Waals surface area (Å²) < 4.78 is 0. The average molecular weight is 512 g/mol. The number of benzene rings is 3. The summed E-state index contributed by atoms with van der Waals surface area (Å²) in [5, 5.41) is 14.3. The number of nitrogens with one attached hydrogen (secondary N) is 1. The van der Waals surface area contributed by atoms with Gasteiger partial charge in [0.05, 0.1) is 40.3 Å². The molecule has 0 atom stereocenters. The number of nitriles is 1. The molecule has 1 amide bonds. The average Bonchev–Trinajstić information content (AvgIpc) is 3.38. The van der Waals surface area contributed by atoms with Crippen molar-refractivity contribution in [2.45, 2.75) is 25.3 Å². The lowest BCUT2D eigenvalue weighted by atomic mass is 10.2. The van der Waals surface area contributed by atoms with Crippen LogP contribution in [0.15, 0.2) is 86.6 Å². The molecule has 6 nitrogen and oxygen atoms in total. The first-order chi connectivity index (χ1) is 17.5. The van der Waals surface area contributed by atoms with E-state index < -0.39 is 0 Å². The Morgan fingerprint density at radius 2 is 1.86 bits per heavy atom. The standard InChI is InChI=1S/C28H25N5OS2/c1-4-30-21-14-13-20(16-29)15-22(21)31-28-33(17-19-10-6-5-7-11-19)26(34)25(36-28)27-32(3)24-18(2)9-8-12-23(24)35-27/h5-15,30H,4,17H2,1-3H3. The smallest absolute Gasteiger partial charge is 0.269 e. The minimum absolute atomic E-state index is 0.0659. The van der Waals surface area contributed by atoms with Crippen molar-refractivity contribution in [2.75, 3.05) is 23.8 Å². The van der Waals surface area contributed by atoms with E-state index in [1.807, 2.05) is 56.4 Å². The number of hydrogen-bond acceptors (Lipinski definition) is 7. The molecule has 2 heterocycles. The van der Waals surface area contributed by atoms with Crippen molar-refractivity contribution in [2.24, 2.45) is 4.99 Å². The van der Waals surface area contributed by atoms with E-state index >= 15 is 0 Å². The van der Waals surface area contributed by atoms with E-state index in [0.717, 1.165) is 33.4 Å². The third kappa shape index (κ3) is 4.48. The van der Waals surface area contributed by atoms with Gasteiger partial charge in [-0.25, -0.2) is 4.99 Å². The van der Waals surface area contributed by atoms with E-state index in [1.54, 1.807) is 28.8 Å². The van der Waals surface area contributed by atoms with Crippen molar-refractivity contribution in [3.63, 3.8) is 0 Å². The van der Waals surface area contributed by atoms with Gasteiger partial charge < -0.3 is 10.2 Å². The van der Waals surface area contributed by atoms with Gasteiger partial charge in [-0.1, -0.05) is 54.2 Å². The van der Waals surface area contributed by atoms with Gasteiger partial charge in [0.2, 0.25) is 0 Å². The van der Waals surface area contributed by atoms with Crippen molar-refractivity contribution in [3.05, 3.63) is 93.4 Å². The molecule has 0 bridgehead atoms. The van der Waals surface area contributed by atoms with Crippen molar-refractivity contribution < 1.29 is 4.79 Å². The second-order valence-corrected chi connectivity index (χ2v) is 10.5. The number of anilines is 2. The summed E-state index contributed by atoms with van der Waals surface area (Å²) in [5.41, 5.74) is 5.32. The zero-order valence-electron chi connectivity index (χ0n) is 20.3. The number of thioether (sulfide) groups is 2. The van der Waals surface area contributed by atoms with Crippen LogP contribution in [0.25, 0.3) is 0 Å². The summed E-state index contributed by atoms with van der Waals surface area (Å²) in [5.74, 6) is -0.0659. The van der Waals surface area contributed by atoms with Gasteiger partial charge in [0.15, 0.2) is 5.17 Å². The number of fused-ring (bicyclic) bond motifs is 1. The summed E-state index contributed by atoms with van der Waals surface area (Å²) >= 11 is 3.01. The van der Waals surface area contributed by atoms with Crippen LogP contribution in [-0.4, -0.2) is 29.6 Å². The number of aliphatic imine (C=N–C) groups is 1. The third-order valence-electron chi connectivity index (χ3n) is 6.00. The topological polar surface area (TPSA) is 71.7 Å². The van der Waals surface area contributed by atoms with Crippen LogP contribution < -0.4 is 10.2 Å². The minimum Gasteiger partial charge on any atom is -0.384 e. The molecule has 5 rings (SSSR count). The molecule has 0 aliphatic carbocycles. The van der Waals surface area contributed by atoms with Crippen LogP contribution in [0.3, 0.4) is 0 Å². The Labute approximate surface area is 219 Å². The van der Waals surface area contributed by atoms with Gasteiger partial charge in [0.1, 0.15) is 4.91 Å². The molecule has 0 radical (unpaired) electrons. The van der Waals surface area contributed by atoms with E-state index in [9.17, 15) is 10.1 Å². The fraction of sp³-hybridized carbons (Fsp3) is 0.179. The molecule has 36 heavy (non-hydrogen) atoms. The first kappa shape index (κ1) is 24.0. The van der Waals surface area contributed by atoms with Crippen LogP contribution in [-0.2, 0) is 11.3 Å². The Kier molecular flexibility index (Phi) is 6.77. The van der Waals surface area contributed by atoms with E-state index in [2.05, 4.69) is 35.3 Å². The second kappa shape index (κ2) is 10.1. The lowest BCUT2D eigenvalue weighted by molar-refractivity contribution is -0.122. The zero-order valence-corrected chi connectivity index (χ0v) is 21.9. The van der Waals surface area contributed by atoms with Gasteiger partial charge in [0, 0.05) is 18.5 Å². The summed E-state index contributed by atoms with van der Waals surface area (Å²) in [6, 6.07) is 23.7. The van der Waals surface area contributed by atoms with Gasteiger partial charge in [-0.3, -0.25) is 9.69 Å². The highest BCUT2D eigenvalue weighted by molar-refractivity contribution is 8.19. The largest absolute Gasteiger partial charge is 0.384 e. The molecule has 180 valence electrons. The number of carbonyl (C=O) groups excluding carboxylic acids is 1. The predicted octanol–water partition coefficient (Wildman–Crippen LogP) is 6.47. The van der Waals surface area contributed by atoms with E-state index in [-0.39, 0.29) is 5.91 Å². The highest BCUT2D eigenvalue weighted by Gasteiger charge is 2.39. The number of amidine groups is 1. The Morgan fingerprint density at radius 3 is 2.58 bits per heavy atom. The van der Waals surface area contributed by atoms with Crippen LogP contribution in [0.5, 0.6) is 0 Å². The normalized spacial score (nSPS) is 18.1. The first-order valence-corrected chi connectivity index (χ1v) is 13.3. The monoisotopic (exact) mass is 511 g/mol. The number of nitrogens with zero attached hydrogens (tertiary/aromatic N) is 4. The Morgan fingerprint density at radius 1 is 1.06 bits per heavy atom. The third-order valence-corrected chi connectivity index (χ3v) is 8.42. The summed E-state index contributed by atoms with van der Waals surface area (Å²) in [7, 11) is 2.01. The van der Waals surface area contributed by atoms with Crippen LogP contribution >= 0.6 is 23.5 Å². The molecule has 8 heteroatoms. The Hall–Kier alpha value is -3.67. The maximum absolute atomic E-state index is 13.9. The number of amides is 1. The lowest BCUT2D eigenvalue weighted by Gasteiger charge is -2.18. The molecule has 2 aliphatic rings. The molecule has 1 fully saturated rings. The quantitative estimate of drug-likeness (QED) is 0.396. The fourth-order valence-corrected chi connectivity index (χ4v) is 6.69. The van der Waals surface area contributed by atoms with Gasteiger partial charge in [0.25, 0.3) is 5.91 Å². The molecule has 0 spiro atoms. The van der Waals surface area contributed by atoms with Crippen molar-refractivity contribution in [1.29, 1.82) is 5.26 Å².